The third kappa shape index (κ3) is 7.23. The fourth-order valence-corrected chi connectivity index (χ4v) is 6.03. The van der Waals surface area contributed by atoms with Crippen molar-refractivity contribution in [2.75, 3.05) is 0 Å². The lowest BCUT2D eigenvalue weighted by Gasteiger charge is -2.21. The highest BCUT2D eigenvalue weighted by molar-refractivity contribution is 6.13. The third-order valence-corrected chi connectivity index (χ3v) is 8.43. The Kier molecular flexibility index (Phi) is 11.2. The minimum absolute atomic E-state index is 0.104. The minimum Gasteiger partial charge on any atom is -0.206 e. The molecule has 0 aromatic heterocycles. The van der Waals surface area contributed by atoms with Gasteiger partial charge in [-0.3, -0.25) is 0 Å². The van der Waals surface area contributed by atoms with Crippen LogP contribution in [0.4, 0.5) is 101 Å². The first-order valence-electron chi connectivity index (χ1n) is 14.8. The van der Waals surface area contributed by atoms with Crippen molar-refractivity contribution in [2.24, 2.45) is 0 Å². The van der Waals surface area contributed by atoms with E-state index in [1.165, 1.54) is 0 Å². The highest BCUT2D eigenvalue weighted by atomic mass is 19.4. The summed E-state index contributed by atoms with van der Waals surface area (Å²) in [5, 5.41) is 29.9. The standard InChI is InChI=1S/C34H6F23N3/c1-6-11(24(37)20(33(52,53)54)28(41)23(6)36)8(3-58)12-13(9(4-59)15-17(30(43,44)45)7(2)22(35)19(25(15)38)32(49,50)51)14(12)10(5-60)16-18(31(46,47)48)27(40)29(42)21(26(16)39)34(55,56)57/h1-2H3. The average Bonchev–Trinajstić information content (AvgIpc) is 3.78. The Labute approximate surface area is 315 Å². The molecule has 1 saturated carbocycles. The summed E-state index contributed by atoms with van der Waals surface area (Å²) in [6.45, 7) is -0.0470. The Morgan fingerprint density at radius 2 is 0.567 bits per heavy atom. The van der Waals surface area contributed by atoms with E-state index in [1.54, 1.807) is 0 Å². The van der Waals surface area contributed by atoms with Gasteiger partial charge in [0, 0.05) is 33.4 Å². The minimum atomic E-state index is -6.68. The summed E-state index contributed by atoms with van der Waals surface area (Å²) in [5.41, 5.74) is -43.1. The van der Waals surface area contributed by atoms with E-state index in [0.29, 0.717) is 18.2 Å². The van der Waals surface area contributed by atoms with Crippen LogP contribution < -0.4 is 0 Å². The van der Waals surface area contributed by atoms with Crippen molar-refractivity contribution in [3.05, 3.63) is 119 Å². The van der Waals surface area contributed by atoms with Crippen molar-refractivity contribution in [1.29, 1.82) is 15.8 Å². The van der Waals surface area contributed by atoms with Crippen molar-refractivity contribution in [1.82, 2.24) is 0 Å². The van der Waals surface area contributed by atoms with Crippen LogP contribution >= 0.6 is 0 Å². The molecule has 0 spiro atoms. The van der Waals surface area contributed by atoms with E-state index in [2.05, 4.69) is 0 Å². The van der Waals surface area contributed by atoms with Crippen LogP contribution in [0, 0.1) is 94.4 Å². The van der Waals surface area contributed by atoms with Gasteiger partial charge in [0.1, 0.15) is 63.7 Å². The fraction of sp³-hybridized carbons (Fsp3) is 0.206. The number of nitrogens with zero attached hydrogens (tertiary/aromatic N) is 3. The fourth-order valence-electron chi connectivity index (χ4n) is 6.03. The summed E-state index contributed by atoms with van der Waals surface area (Å²) in [4.78, 5) is 0. The largest absolute Gasteiger partial charge is 0.422 e. The number of allylic oxidation sites excluding steroid dienone is 6. The van der Waals surface area contributed by atoms with Gasteiger partial charge in [-0.25, -0.2) is 35.1 Å². The maximum absolute atomic E-state index is 15.8. The van der Waals surface area contributed by atoms with E-state index in [-0.39, 0.29) is 13.8 Å². The van der Waals surface area contributed by atoms with Crippen LogP contribution in [0.1, 0.15) is 55.6 Å². The van der Waals surface area contributed by atoms with Gasteiger partial charge in [0.25, 0.3) is 0 Å². The van der Waals surface area contributed by atoms with Crippen LogP contribution in [-0.4, -0.2) is 0 Å². The molecule has 0 heterocycles. The van der Waals surface area contributed by atoms with E-state index < -0.39 is 166 Å². The molecule has 0 bridgehead atoms. The highest BCUT2D eigenvalue weighted by Crippen LogP contribution is 2.60. The van der Waals surface area contributed by atoms with Gasteiger partial charge in [-0.1, -0.05) is 0 Å². The second kappa shape index (κ2) is 14.5. The van der Waals surface area contributed by atoms with Gasteiger partial charge in [0.15, 0.2) is 23.3 Å². The molecule has 0 saturated heterocycles. The third-order valence-electron chi connectivity index (χ3n) is 8.43. The molecule has 1 aliphatic carbocycles. The van der Waals surface area contributed by atoms with Gasteiger partial charge >= 0.3 is 30.9 Å². The van der Waals surface area contributed by atoms with Crippen molar-refractivity contribution >= 4 is 16.7 Å². The van der Waals surface area contributed by atoms with E-state index >= 15 is 13.2 Å². The lowest BCUT2D eigenvalue weighted by atomic mass is 9.90. The number of hydrogen-bond donors (Lipinski definition) is 0. The number of halogens is 23. The monoisotopic (exact) mass is 893 g/mol. The quantitative estimate of drug-likeness (QED) is 0.149. The molecule has 0 aliphatic heterocycles. The Bertz CT molecular complexity index is 2510. The van der Waals surface area contributed by atoms with Crippen molar-refractivity contribution in [3.63, 3.8) is 0 Å². The molecule has 60 heavy (non-hydrogen) atoms. The van der Waals surface area contributed by atoms with Gasteiger partial charge < -0.3 is 0 Å². The number of benzene rings is 3. The maximum Gasteiger partial charge on any atom is 0.422 e. The summed E-state index contributed by atoms with van der Waals surface area (Å²) in [6, 6.07) is 1.57. The van der Waals surface area contributed by atoms with Crippen molar-refractivity contribution < 1.29 is 101 Å². The molecule has 0 atom stereocenters. The maximum atomic E-state index is 15.8. The van der Waals surface area contributed by atoms with Crippen LogP contribution in [0.3, 0.4) is 0 Å². The van der Waals surface area contributed by atoms with E-state index in [1.807, 2.05) is 0 Å². The molecule has 0 radical (unpaired) electrons. The first kappa shape index (κ1) is 46.4. The van der Waals surface area contributed by atoms with E-state index in [0.717, 1.165) is 0 Å². The Morgan fingerprint density at radius 3 is 0.883 bits per heavy atom. The number of hydrogen-bond acceptors (Lipinski definition) is 3. The van der Waals surface area contributed by atoms with Crippen molar-refractivity contribution in [2.45, 2.75) is 44.7 Å². The molecule has 1 fully saturated rings. The SMILES string of the molecule is Cc1c(F)c(F)c(C(F)(F)F)c(F)c1C(C#N)=C1C(=C(C#N)c2c(F)c(C(F)(F)F)c(F)c(C)c2C(F)(F)F)C1=C(C#N)c1c(F)c(C(F)(F)F)c(F)c(F)c1C(F)(F)F. The Morgan fingerprint density at radius 1 is 0.317 bits per heavy atom. The zero-order valence-corrected chi connectivity index (χ0v) is 28.0. The first-order chi connectivity index (χ1) is 27.1. The van der Waals surface area contributed by atoms with Crippen LogP contribution in [0.5, 0.6) is 0 Å². The molecular formula is C34H6F23N3. The number of nitriles is 3. The number of alkyl halides is 15. The second-order valence-corrected chi connectivity index (χ2v) is 11.8. The topological polar surface area (TPSA) is 71.4 Å². The summed E-state index contributed by atoms with van der Waals surface area (Å²) in [7, 11) is 0. The predicted molar refractivity (Wildman–Crippen MR) is 151 cm³/mol. The lowest BCUT2D eigenvalue weighted by molar-refractivity contribution is -0.147. The molecule has 318 valence electrons. The van der Waals surface area contributed by atoms with Gasteiger partial charge in [-0.15, -0.1) is 0 Å². The lowest BCUT2D eigenvalue weighted by Crippen LogP contribution is -2.21. The van der Waals surface area contributed by atoms with Crippen LogP contribution in [0.25, 0.3) is 16.7 Å². The molecule has 3 nitrogen and oxygen atoms in total. The summed E-state index contributed by atoms with van der Waals surface area (Å²) in [6.07, 6.45) is -32.4. The molecule has 0 unspecified atom stereocenters. The summed E-state index contributed by atoms with van der Waals surface area (Å²) < 4.78 is 330. The Balaban J connectivity index is 2.58. The number of rotatable bonds is 3. The zero-order valence-electron chi connectivity index (χ0n) is 28.0. The zero-order chi connectivity index (χ0) is 46.5. The summed E-state index contributed by atoms with van der Waals surface area (Å²) >= 11 is 0. The van der Waals surface area contributed by atoms with Gasteiger partial charge in [-0.05, 0) is 25.0 Å². The van der Waals surface area contributed by atoms with Gasteiger partial charge in [-0.2, -0.15) is 81.6 Å². The molecule has 0 N–H and O–H groups in total. The molecule has 3 aromatic carbocycles. The normalized spacial score (nSPS) is 16.3. The summed E-state index contributed by atoms with van der Waals surface area (Å²) in [5.74, 6) is -26.6. The van der Waals surface area contributed by atoms with E-state index in [9.17, 15) is 104 Å². The molecule has 0 amide bonds. The van der Waals surface area contributed by atoms with Crippen LogP contribution in [-0.2, 0) is 30.9 Å². The first-order valence-corrected chi connectivity index (χ1v) is 14.8. The molecule has 26 heteroatoms. The van der Waals surface area contributed by atoms with Crippen LogP contribution in [0.2, 0.25) is 0 Å². The van der Waals surface area contributed by atoms with Crippen molar-refractivity contribution in [3.8, 4) is 18.2 Å². The second-order valence-electron chi connectivity index (χ2n) is 11.8. The average molecular weight is 893 g/mol. The molecule has 1 aliphatic rings. The van der Waals surface area contributed by atoms with E-state index in [4.69, 9.17) is 0 Å². The molecule has 3 aromatic rings. The van der Waals surface area contributed by atoms with Gasteiger partial charge in [0.2, 0.25) is 0 Å². The molecular weight excluding hydrogens is 887 g/mol. The Hall–Kier alpha value is -6.26. The molecule has 4 rings (SSSR count). The van der Waals surface area contributed by atoms with Crippen LogP contribution in [0.15, 0.2) is 16.7 Å². The smallest absolute Gasteiger partial charge is 0.206 e. The predicted octanol–water partition coefficient (Wildman–Crippen LogP) is 12.8. The highest BCUT2D eigenvalue weighted by Gasteiger charge is 2.53. The van der Waals surface area contributed by atoms with Gasteiger partial charge in [0.05, 0.1) is 22.3 Å².